The second-order valence-corrected chi connectivity index (χ2v) is 4.16. The Morgan fingerprint density at radius 1 is 1.38 bits per heavy atom. The Morgan fingerprint density at radius 2 is 2.19 bits per heavy atom. The van der Waals surface area contributed by atoms with E-state index in [-0.39, 0.29) is 0 Å². The summed E-state index contributed by atoms with van der Waals surface area (Å²) in [5, 5.41) is 4.11. The number of aromatic nitrogens is 2. The number of benzene rings is 1. The molecular formula is C11H11Cl2N3. The molecule has 0 saturated carbocycles. The minimum Gasteiger partial charge on any atom is -0.341 e. The molecule has 2 aromatic rings. The van der Waals surface area contributed by atoms with Gasteiger partial charge in [-0.25, -0.2) is 4.98 Å². The third kappa shape index (κ3) is 2.21. The van der Waals surface area contributed by atoms with Crippen LogP contribution in [0.4, 0.5) is 0 Å². The van der Waals surface area contributed by atoms with Gasteiger partial charge in [-0.05, 0) is 13.1 Å². The van der Waals surface area contributed by atoms with Crippen molar-refractivity contribution in [2.75, 3.05) is 7.05 Å². The van der Waals surface area contributed by atoms with Crippen molar-refractivity contribution < 1.29 is 0 Å². The van der Waals surface area contributed by atoms with E-state index < -0.39 is 0 Å². The number of hydrogen-bond acceptors (Lipinski definition) is 2. The minimum absolute atomic E-state index is 0.545. The van der Waals surface area contributed by atoms with Crippen LogP contribution < -0.4 is 5.32 Å². The van der Waals surface area contributed by atoms with Gasteiger partial charge in [0.15, 0.2) is 0 Å². The van der Waals surface area contributed by atoms with E-state index in [1.54, 1.807) is 12.3 Å². The highest BCUT2D eigenvalue weighted by Gasteiger charge is 2.09. The van der Waals surface area contributed by atoms with E-state index in [1.807, 2.05) is 19.2 Å². The molecule has 0 aliphatic rings. The van der Waals surface area contributed by atoms with Crippen molar-refractivity contribution in [3.05, 3.63) is 40.3 Å². The van der Waals surface area contributed by atoms with Crippen molar-refractivity contribution in [3.8, 4) is 11.3 Å². The standard InChI is InChI=1S/C11H11Cl2N3/c1-14-6-10-15-5-9(16-10)7-3-2-4-8(12)11(7)13/h2-5,14H,6H2,1H3,(H,15,16). The van der Waals surface area contributed by atoms with E-state index >= 15 is 0 Å². The number of H-pyrrole nitrogens is 1. The predicted octanol–water partition coefficient (Wildman–Crippen LogP) is 3.10. The predicted molar refractivity (Wildman–Crippen MR) is 66.8 cm³/mol. The summed E-state index contributed by atoms with van der Waals surface area (Å²) in [6.07, 6.45) is 1.75. The van der Waals surface area contributed by atoms with Crippen LogP contribution in [0.15, 0.2) is 24.4 Å². The highest BCUT2D eigenvalue weighted by molar-refractivity contribution is 6.43. The molecule has 0 radical (unpaired) electrons. The van der Waals surface area contributed by atoms with Crippen molar-refractivity contribution >= 4 is 23.2 Å². The fraction of sp³-hybridized carbons (Fsp3) is 0.182. The van der Waals surface area contributed by atoms with Gasteiger partial charge in [0, 0.05) is 5.56 Å². The Bertz CT molecular complexity index is 494. The number of nitrogens with zero attached hydrogens (tertiary/aromatic N) is 1. The lowest BCUT2D eigenvalue weighted by Crippen LogP contribution is -2.06. The summed E-state index contributed by atoms with van der Waals surface area (Å²) in [5.74, 6) is 0.869. The van der Waals surface area contributed by atoms with E-state index in [2.05, 4.69) is 15.3 Å². The highest BCUT2D eigenvalue weighted by Crippen LogP contribution is 2.32. The molecule has 3 nitrogen and oxygen atoms in total. The number of halogens is 2. The summed E-state index contributed by atoms with van der Waals surface area (Å²) in [6, 6.07) is 5.53. The van der Waals surface area contributed by atoms with Crippen molar-refractivity contribution in [1.29, 1.82) is 0 Å². The van der Waals surface area contributed by atoms with Crippen LogP contribution in [0.3, 0.4) is 0 Å². The number of hydrogen-bond donors (Lipinski definition) is 2. The molecule has 1 aromatic carbocycles. The first-order valence-electron chi connectivity index (χ1n) is 4.85. The zero-order chi connectivity index (χ0) is 11.5. The molecule has 0 fully saturated rings. The average molecular weight is 256 g/mol. The van der Waals surface area contributed by atoms with Gasteiger partial charge >= 0.3 is 0 Å². The SMILES string of the molecule is CNCc1ncc(-c2cccc(Cl)c2Cl)[nH]1. The third-order valence-corrected chi connectivity index (χ3v) is 3.03. The second kappa shape index (κ2) is 4.87. The van der Waals surface area contributed by atoms with Crippen LogP contribution in [0.1, 0.15) is 5.82 Å². The van der Waals surface area contributed by atoms with E-state index in [0.717, 1.165) is 17.1 Å². The Hall–Kier alpha value is -1.03. The van der Waals surface area contributed by atoms with Crippen molar-refractivity contribution in [3.63, 3.8) is 0 Å². The molecule has 0 aliphatic carbocycles. The molecule has 0 unspecified atom stereocenters. The molecule has 16 heavy (non-hydrogen) atoms. The molecule has 2 N–H and O–H groups in total. The summed E-state index contributed by atoms with van der Waals surface area (Å²) in [5.41, 5.74) is 1.74. The van der Waals surface area contributed by atoms with Crippen LogP contribution in [0.2, 0.25) is 10.0 Å². The summed E-state index contributed by atoms with van der Waals surface area (Å²) >= 11 is 12.1. The molecule has 84 valence electrons. The lowest BCUT2D eigenvalue weighted by molar-refractivity contribution is 0.772. The Balaban J connectivity index is 2.39. The van der Waals surface area contributed by atoms with Gasteiger partial charge in [0.05, 0.1) is 28.5 Å². The van der Waals surface area contributed by atoms with E-state index in [1.165, 1.54) is 0 Å². The topological polar surface area (TPSA) is 40.7 Å². The van der Waals surface area contributed by atoms with Crippen molar-refractivity contribution in [2.24, 2.45) is 0 Å². The first-order chi connectivity index (χ1) is 7.72. The number of nitrogens with one attached hydrogen (secondary N) is 2. The Labute approximate surface area is 104 Å². The number of imidazole rings is 1. The average Bonchev–Trinajstić information content (AvgIpc) is 2.71. The van der Waals surface area contributed by atoms with E-state index in [0.29, 0.717) is 16.6 Å². The molecule has 1 aromatic heterocycles. The quantitative estimate of drug-likeness (QED) is 0.885. The maximum Gasteiger partial charge on any atom is 0.120 e. The van der Waals surface area contributed by atoms with Gasteiger partial charge < -0.3 is 10.3 Å². The number of rotatable bonds is 3. The van der Waals surface area contributed by atoms with Gasteiger partial charge in [0.25, 0.3) is 0 Å². The van der Waals surface area contributed by atoms with Crippen LogP contribution in [-0.2, 0) is 6.54 Å². The molecule has 0 saturated heterocycles. The fourth-order valence-electron chi connectivity index (χ4n) is 1.47. The second-order valence-electron chi connectivity index (χ2n) is 3.38. The van der Waals surface area contributed by atoms with Crippen LogP contribution in [0.5, 0.6) is 0 Å². The monoisotopic (exact) mass is 255 g/mol. The van der Waals surface area contributed by atoms with E-state index in [4.69, 9.17) is 23.2 Å². The summed E-state index contributed by atoms with van der Waals surface area (Å²) in [6.45, 7) is 0.693. The van der Waals surface area contributed by atoms with Gasteiger partial charge in [0.1, 0.15) is 5.82 Å². The highest BCUT2D eigenvalue weighted by atomic mass is 35.5. The van der Waals surface area contributed by atoms with Crippen molar-refractivity contribution in [1.82, 2.24) is 15.3 Å². The molecule has 0 atom stereocenters. The first kappa shape index (κ1) is 11.5. The van der Waals surface area contributed by atoms with Gasteiger partial charge in [0.2, 0.25) is 0 Å². The molecule has 2 rings (SSSR count). The van der Waals surface area contributed by atoms with Gasteiger partial charge in [-0.1, -0.05) is 35.3 Å². The molecule has 1 heterocycles. The molecule has 0 aliphatic heterocycles. The smallest absolute Gasteiger partial charge is 0.120 e. The third-order valence-electron chi connectivity index (χ3n) is 2.21. The maximum absolute atomic E-state index is 6.12. The number of aromatic amines is 1. The van der Waals surface area contributed by atoms with Gasteiger partial charge in [-0.15, -0.1) is 0 Å². The lowest BCUT2D eigenvalue weighted by Gasteiger charge is -2.02. The van der Waals surface area contributed by atoms with E-state index in [9.17, 15) is 0 Å². The minimum atomic E-state index is 0.545. The summed E-state index contributed by atoms with van der Waals surface area (Å²) < 4.78 is 0. The summed E-state index contributed by atoms with van der Waals surface area (Å²) in [7, 11) is 1.87. The first-order valence-corrected chi connectivity index (χ1v) is 5.61. The maximum atomic E-state index is 6.12. The normalized spacial score (nSPS) is 10.7. The lowest BCUT2D eigenvalue weighted by atomic mass is 10.2. The van der Waals surface area contributed by atoms with Crippen LogP contribution >= 0.6 is 23.2 Å². The zero-order valence-corrected chi connectivity index (χ0v) is 10.2. The Kier molecular flexibility index (Phi) is 3.49. The zero-order valence-electron chi connectivity index (χ0n) is 8.72. The fourth-order valence-corrected chi connectivity index (χ4v) is 1.87. The molecule has 0 spiro atoms. The van der Waals surface area contributed by atoms with Gasteiger partial charge in [-0.2, -0.15) is 0 Å². The van der Waals surface area contributed by atoms with Crippen LogP contribution in [-0.4, -0.2) is 17.0 Å². The summed E-state index contributed by atoms with van der Waals surface area (Å²) in [4.78, 5) is 7.42. The van der Waals surface area contributed by atoms with Crippen LogP contribution in [0, 0.1) is 0 Å². The molecule has 5 heteroatoms. The molecule has 0 amide bonds. The molecular weight excluding hydrogens is 245 g/mol. The van der Waals surface area contributed by atoms with Crippen LogP contribution in [0.25, 0.3) is 11.3 Å². The molecule has 0 bridgehead atoms. The largest absolute Gasteiger partial charge is 0.341 e. The van der Waals surface area contributed by atoms with Gasteiger partial charge in [-0.3, -0.25) is 0 Å². The van der Waals surface area contributed by atoms with Crippen molar-refractivity contribution in [2.45, 2.75) is 6.54 Å². The Morgan fingerprint density at radius 3 is 2.94 bits per heavy atom.